The molecule has 2 atom stereocenters. The van der Waals surface area contributed by atoms with E-state index < -0.39 is 12.2 Å². The van der Waals surface area contributed by atoms with Gasteiger partial charge in [0.25, 0.3) is 0 Å². The standard InChI is InChI=1S/C15H20ClN3O3/c16-7-13(20)8-18-12-1-3-15(4-2-12)22-10-14(21)9-19-6-5-17-11-19/h1-6,11,13-14,18,20-21H,7-10H2. The fourth-order valence-corrected chi connectivity index (χ4v) is 1.95. The lowest BCUT2D eigenvalue weighted by atomic mass is 10.3. The number of benzene rings is 1. The highest BCUT2D eigenvalue weighted by Crippen LogP contribution is 2.16. The number of nitrogens with one attached hydrogen (secondary N) is 1. The summed E-state index contributed by atoms with van der Waals surface area (Å²) < 4.78 is 7.33. The van der Waals surface area contributed by atoms with Crippen LogP contribution in [0.5, 0.6) is 5.75 Å². The molecule has 2 unspecified atom stereocenters. The van der Waals surface area contributed by atoms with Gasteiger partial charge in [-0.15, -0.1) is 11.6 Å². The molecule has 2 rings (SSSR count). The number of hydrogen-bond donors (Lipinski definition) is 3. The second-order valence-corrected chi connectivity index (χ2v) is 5.25. The first-order valence-electron chi connectivity index (χ1n) is 7.02. The number of hydrogen-bond acceptors (Lipinski definition) is 5. The molecule has 7 heteroatoms. The van der Waals surface area contributed by atoms with E-state index in [-0.39, 0.29) is 12.5 Å². The molecular weight excluding hydrogens is 306 g/mol. The predicted octanol–water partition coefficient (Wildman–Crippen LogP) is 1.33. The maximum atomic E-state index is 9.88. The van der Waals surface area contributed by atoms with Crippen molar-refractivity contribution in [3.05, 3.63) is 43.0 Å². The summed E-state index contributed by atoms with van der Waals surface area (Å²) in [7, 11) is 0. The lowest BCUT2D eigenvalue weighted by Gasteiger charge is -2.14. The number of imidazole rings is 1. The Morgan fingerprint density at radius 3 is 2.64 bits per heavy atom. The van der Waals surface area contributed by atoms with E-state index in [1.807, 2.05) is 12.1 Å². The van der Waals surface area contributed by atoms with Crippen LogP contribution in [0.3, 0.4) is 0 Å². The molecule has 0 aliphatic rings. The smallest absolute Gasteiger partial charge is 0.119 e. The molecule has 0 spiro atoms. The number of aliphatic hydroxyl groups is 2. The van der Waals surface area contributed by atoms with Crippen LogP contribution in [0.2, 0.25) is 0 Å². The Kier molecular flexibility index (Phi) is 6.51. The van der Waals surface area contributed by atoms with Gasteiger partial charge in [-0.3, -0.25) is 0 Å². The minimum Gasteiger partial charge on any atom is -0.491 e. The van der Waals surface area contributed by atoms with Crippen molar-refractivity contribution in [1.29, 1.82) is 0 Å². The summed E-state index contributed by atoms with van der Waals surface area (Å²) in [6.45, 7) is 1.04. The van der Waals surface area contributed by atoms with Gasteiger partial charge in [0.15, 0.2) is 0 Å². The highest BCUT2D eigenvalue weighted by molar-refractivity contribution is 6.18. The van der Waals surface area contributed by atoms with Gasteiger partial charge in [0, 0.05) is 24.6 Å². The fourth-order valence-electron chi connectivity index (χ4n) is 1.84. The Balaban J connectivity index is 1.74. The Hall–Kier alpha value is -1.76. The number of alkyl halides is 1. The van der Waals surface area contributed by atoms with Gasteiger partial charge < -0.3 is 24.8 Å². The molecule has 1 heterocycles. The van der Waals surface area contributed by atoms with Gasteiger partial charge in [-0.2, -0.15) is 0 Å². The summed E-state index contributed by atoms with van der Waals surface area (Å²) in [6.07, 6.45) is 3.93. The zero-order chi connectivity index (χ0) is 15.8. The van der Waals surface area contributed by atoms with Crippen LogP contribution in [-0.4, -0.2) is 51.0 Å². The topological polar surface area (TPSA) is 79.5 Å². The van der Waals surface area contributed by atoms with Crippen LogP contribution in [0.25, 0.3) is 0 Å². The highest BCUT2D eigenvalue weighted by Gasteiger charge is 2.06. The van der Waals surface area contributed by atoms with Crippen molar-refractivity contribution >= 4 is 17.3 Å². The normalized spacial score (nSPS) is 13.6. The van der Waals surface area contributed by atoms with E-state index in [1.165, 1.54) is 0 Å². The van der Waals surface area contributed by atoms with E-state index in [2.05, 4.69) is 10.3 Å². The summed E-state index contributed by atoms with van der Waals surface area (Å²) in [6, 6.07) is 7.30. The quantitative estimate of drug-likeness (QED) is 0.606. The Morgan fingerprint density at radius 1 is 1.23 bits per heavy atom. The van der Waals surface area contributed by atoms with Crippen molar-refractivity contribution in [1.82, 2.24) is 9.55 Å². The van der Waals surface area contributed by atoms with Gasteiger partial charge in [-0.25, -0.2) is 4.98 Å². The minimum atomic E-state index is -0.606. The molecule has 1 aromatic carbocycles. The van der Waals surface area contributed by atoms with E-state index >= 15 is 0 Å². The number of halogens is 1. The SMILES string of the molecule is OC(CCl)CNc1ccc(OCC(O)Cn2ccnc2)cc1. The van der Waals surface area contributed by atoms with Crippen LogP contribution in [0.4, 0.5) is 5.69 Å². The molecule has 22 heavy (non-hydrogen) atoms. The van der Waals surface area contributed by atoms with Crippen LogP contribution < -0.4 is 10.1 Å². The number of rotatable bonds is 9. The van der Waals surface area contributed by atoms with E-state index in [4.69, 9.17) is 16.3 Å². The molecule has 2 aromatic rings. The maximum Gasteiger partial charge on any atom is 0.119 e. The van der Waals surface area contributed by atoms with Gasteiger partial charge in [-0.1, -0.05) is 0 Å². The summed E-state index contributed by atoms with van der Waals surface area (Å²) >= 11 is 5.53. The van der Waals surface area contributed by atoms with Crippen LogP contribution in [0.1, 0.15) is 0 Å². The Bertz CT molecular complexity index is 533. The molecule has 120 valence electrons. The van der Waals surface area contributed by atoms with Crippen molar-refractivity contribution in [2.45, 2.75) is 18.8 Å². The number of aromatic nitrogens is 2. The van der Waals surface area contributed by atoms with E-state index in [0.717, 1.165) is 5.69 Å². The van der Waals surface area contributed by atoms with Crippen LogP contribution >= 0.6 is 11.6 Å². The average molecular weight is 326 g/mol. The molecule has 0 aliphatic heterocycles. The minimum absolute atomic E-state index is 0.197. The molecule has 0 aliphatic carbocycles. The molecule has 0 saturated carbocycles. The van der Waals surface area contributed by atoms with E-state index in [9.17, 15) is 10.2 Å². The van der Waals surface area contributed by atoms with Gasteiger partial charge in [0.2, 0.25) is 0 Å². The van der Waals surface area contributed by atoms with Crippen molar-refractivity contribution in [3.63, 3.8) is 0 Å². The zero-order valence-electron chi connectivity index (χ0n) is 12.1. The molecule has 0 amide bonds. The molecule has 0 fully saturated rings. The lowest BCUT2D eigenvalue weighted by molar-refractivity contribution is 0.0925. The number of nitrogens with zero attached hydrogens (tertiary/aromatic N) is 2. The predicted molar refractivity (Wildman–Crippen MR) is 85.4 cm³/mol. The maximum absolute atomic E-state index is 9.88. The van der Waals surface area contributed by atoms with Gasteiger partial charge in [-0.05, 0) is 24.3 Å². The van der Waals surface area contributed by atoms with Gasteiger partial charge >= 0.3 is 0 Å². The lowest BCUT2D eigenvalue weighted by Crippen LogP contribution is -2.23. The Labute approximate surface area is 134 Å². The second kappa shape index (κ2) is 8.63. The Morgan fingerprint density at radius 2 is 2.00 bits per heavy atom. The van der Waals surface area contributed by atoms with Crippen LogP contribution in [-0.2, 0) is 6.54 Å². The molecule has 3 N–H and O–H groups in total. The third kappa shape index (κ3) is 5.55. The van der Waals surface area contributed by atoms with Crippen molar-refractivity contribution < 1.29 is 14.9 Å². The molecule has 0 radical (unpaired) electrons. The largest absolute Gasteiger partial charge is 0.491 e. The molecular formula is C15H20ClN3O3. The number of anilines is 1. The van der Waals surface area contributed by atoms with Gasteiger partial charge in [0.1, 0.15) is 18.5 Å². The fraction of sp³-hybridized carbons (Fsp3) is 0.400. The summed E-state index contributed by atoms with van der Waals surface area (Å²) in [5.74, 6) is 0.872. The number of ether oxygens (including phenoxy) is 1. The van der Waals surface area contributed by atoms with E-state index in [0.29, 0.717) is 18.8 Å². The number of aliphatic hydroxyl groups excluding tert-OH is 2. The first-order valence-corrected chi connectivity index (χ1v) is 7.55. The van der Waals surface area contributed by atoms with Crippen molar-refractivity contribution in [3.8, 4) is 5.75 Å². The van der Waals surface area contributed by atoms with Crippen molar-refractivity contribution in [2.75, 3.05) is 24.3 Å². The first kappa shape index (κ1) is 16.6. The van der Waals surface area contributed by atoms with E-state index in [1.54, 1.807) is 35.4 Å². The first-order chi connectivity index (χ1) is 10.7. The molecule has 0 saturated heterocycles. The third-order valence-corrected chi connectivity index (χ3v) is 3.35. The summed E-state index contributed by atoms with van der Waals surface area (Å²) in [4.78, 5) is 3.92. The summed E-state index contributed by atoms with van der Waals surface area (Å²) in [5, 5.41) is 22.3. The van der Waals surface area contributed by atoms with Gasteiger partial charge in [0.05, 0.1) is 24.9 Å². The summed E-state index contributed by atoms with van der Waals surface area (Å²) in [5.41, 5.74) is 0.871. The molecule has 0 bridgehead atoms. The van der Waals surface area contributed by atoms with Crippen LogP contribution in [0.15, 0.2) is 43.0 Å². The van der Waals surface area contributed by atoms with Crippen molar-refractivity contribution in [2.24, 2.45) is 0 Å². The van der Waals surface area contributed by atoms with Crippen LogP contribution in [0, 0.1) is 0 Å². The highest BCUT2D eigenvalue weighted by atomic mass is 35.5. The molecule has 1 aromatic heterocycles. The third-order valence-electron chi connectivity index (χ3n) is 3.00. The monoisotopic (exact) mass is 325 g/mol. The second-order valence-electron chi connectivity index (χ2n) is 4.94. The molecule has 6 nitrogen and oxygen atoms in total. The zero-order valence-corrected chi connectivity index (χ0v) is 12.9. The average Bonchev–Trinajstić information content (AvgIpc) is 3.04.